The maximum absolute atomic E-state index is 12.4. The Morgan fingerprint density at radius 2 is 1.71 bits per heavy atom. The van der Waals surface area contributed by atoms with Gasteiger partial charge in [0, 0.05) is 0 Å². The van der Waals surface area contributed by atoms with E-state index in [1.807, 2.05) is 32.9 Å². The van der Waals surface area contributed by atoms with Gasteiger partial charge < -0.3 is 9.47 Å². The number of fused-ring (bicyclic) bond motifs is 1. The molecule has 0 aliphatic carbocycles. The van der Waals surface area contributed by atoms with Gasteiger partial charge in [-0.3, -0.25) is 4.79 Å². The number of ether oxygens (including phenoxy) is 2. The fraction of sp³-hybridized carbons (Fsp3) is 0.300. The lowest BCUT2D eigenvalue weighted by molar-refractivity contribution is -0.146. The van der Waals surface area contributed by atoms with E-state index >= 15 is 0 Å². The van der Waals surface area contributed by atoms with Gasteiger partial charge in [0.15, 0.2) is 6.61 Å². The Hall–Kier alpha value is -2.87. The monoisotopic (exact) mass is 403 g/mol. The molecule has 0 saturated heterocycles. The molecule has 2 aromatic carbocycles. The highest BCUT2D eigenvalue weighted by Crippen LogP contribution is 2.29. The predicted octanol–water partition coefficient (Wildman–Crippen LogP) is 2.38. The number of hydrogen-bond acceptors (Lipinski definition) is 6. The van der Waals surface area contributed by atoms with Crippen LogP contribution in [0.4, 0.5) is 0 Å². The number of esters is 1. The highest BCUT2D eigenvalue weighted by Gasteiger charge is 2.40. The summed E-state index contributed by atoms with van der Waals surface area (Å²) in [7, 11) is -3.90. The standard InChI is InChI=1S/C20H21NO6S/c1-13-10-14(2)19(15(3)11-13)27-12-18(22)26-9-8-21-20(23)16-6-4-5-7-17(16)28(21,24)25/h4-7,10-11H,8-9,12H2,1-3H3. The number of amides is 1. The first kappa shape index (κ1) is 19.9. The maximum Gasteiger partial charge on any atom is 0.344 e. The van der Waals surface area contributed by atoms with Gasteiger partial charge in [-0.15, -0.1) is 0 Å². The highest BCUT2D eigenvalue weighted by atomic mass is 32.2. The molecule has 3 rings (SSSR count). The molecule has 1 aliphatic heterocycles. The van der Waals surface area contributed by atoms with Crippen LogP contribution in [0.5, 0.6) is 5.75 Å². The summed E-state index contributed by atoms with van der Waals surface area (Å²) < 4.78 is 36.2. The average Bonchev–Trinajstić information content (AvgIpc) is 2.82. The molecule has 0 fully saturated rings. The lowest BCUT2D eigenvalue weighted by atomic mass is 10.1. The van der Waals surface area contributed by atoms with Crippen LogP contribution < -0.4 is 4.74 Å². The summed E-state index contributed by atoms with van der Waals surface area (Å²) in [5.41, 5.74) is 3.05. The van der Waals surface area contributed by atoms with Crippen molar-refractivity contribution in [1.82, 2.24) is 4.31 Å². The summed E-state index contributed by atoms with van der Waals surface area (Å²) >= 11 is 0. The molecular weight excluding hydrogens is 382 g/mol. The summed E-state index contributed by atoms with van der Waals surface area (Å²) in [4.78, 5) is 24.2. The van der Waals surface area contributed by atoms with Gasteiger partial charge in [-0.25, -0.2) is 17.5 Å². The van der Waals surface area contributed by atoms with Gasteiger partial charge in [0.2, 0.25) is 0 Å². The fourth-order valence-electron chi connectivity index (χ4n) is 3.26. The van der Waals surface area contributed by atoms with Crippen molar-refractivity contribution in [2.24, 2.45) is 0 Å². The second-order valence-corrected chi connectivity index (χ2v) is 8.45. The van der Waals surface area contributed by atoms with Crippen molar-refractivity contribution in [2.45, 2.75) is 25.7 Å². The Labute approximate surface area is 163 Å². The largest absolute Gasteiger partial charge is 0.481 e. The molecule has 2 aromatic rings. The van der Waals surface area contributed by atoms with Gasteiger partial charge >= 0.3 is 5.97 Å². The van der Waals surface area contributed by atoms with Crippen LogP contribution in [0.3, 0.4) is 0 Å². The normalized spacial score (nSPS) is 14.7. The summed E-state index contributed by atoms with van der Waals surface area (Å²) in [5.74, 6) is -0.634. The molecule has 0 saturated carbocycles. The van der Waals surface area contributed by atoms with Crippen molar-refractivity contribution in [3.63, 3.8) is 0 Å². The second-order valence-electron chi connectivity index (χ2n) is 6.62. The van der Waals surface area contributed by atoms with Gasteiger partial charge in [-0.1, -0.05) is 29.8 Å². The fourth-order valence-corrected chi connectivity index (χ4v) is 4.81. The van der Waals surface area contributed by atoms with E-state index in [1.54, 1.807) is 12.1 Å². The van der Waals surface area contributed by atoms with Crippen LogP contribution in [0, 0.1) is 20.8 Å². The number of rotatable bonds is 6. The molecule has 0 N–H and O–H groups in total. The Bertz CT molecular complexity index is 1020. The highest BCUT2D eigenvalue weighted by molar-refractivity contribution is 7.90. The number of carbonyl (C=O) groups excluding carboxylic acids is 2. The van der Waals surface area contributed by atoms with Gasteiger partial charge in [-0.05, 0) is 44.0 Å². The molecule has 0 bridgehead atoms. The quantitative estimate of drug-likeness (QED) is 0.688. The third kappa shape index (κ3) is 3.73. The van der Waals surface area contributed by atoms with E-state index in [0.29, 0.717) is 5.75 Å². The van der Waals surface area contributed by atoms with Crippen LogP contribution >= 0.6 is 0 Å². The van der Waals surface area contributed by atoms with Crippen molar-refractivity contribution in [3.05, 3.63) is 58.7 Å². The molecule has 0 unspecified atom stereocenters. The van der Waals surface area contributed by atoms with Gasteiger partial charge in [0.1, 0.15) is 17.3 Å². The summed E-state index contributed by atoms with van der Waals surface area (Å²) in [6.07, 6.45) is 0. The molecule has 8 heteroatoms. The maximum atomic E-state index is 12.4. The Kier molecular flexibility index (Phi) is 5.42. The number of benzene rings is 2. The lowest BCUT2D eigenvalue weighted by Crippen LogP contribution is -2.34. The molecule has 1 heterocycles. The molecule has 148 valence electrons. The van der Waals surface area contributed by atoms with E-state index in [0.717, 1.165) is 21.0 Å². The van der Waals surface area contributed by atoms with Crippen molar-refractivity contribution in [3.8, 4) is 5.75 Å². The minimum Gasteiger partial charge on any atom is -0.481 e. The molecule has 7 nitrogen and oxygen atoms in total. The molecule has 1 aliphatic rings. The van der Waals surface area contributed by atoms with Crippen LogP contribution in [0.1, 0.15) is 27.0 Å². The predicted molar refractivity (Wildman–Crippen MR) is 102 cm³/mol. The van der Waals surface area contributed by atoms with Crippen molar-refractivity contribution in [2.75, 3.05) is 19.8 Å². The second kappa shape index (κ2) is 7.63. The van der Waals surface area contributed by atoms with E-state index in [4.69, 9.17) is 9.47 Å². The van der Waals surface area contributed by atoms with E-state index in [1.165, 1.54) is 12.1 Å². The smallest absolute Gasteiger partial charge is 0.344 e. The average molecular weight is 403 g/mol. The zero-order valence-electron chi connectivity index (χ0n) is 15.9. The van der Waals surface area contributed by atoms with Crippen molar-refractivity contribution >= 4 is 21.9 Å². The molecule has 28 heavy (non-hydrogen) atoms. The number of carbonyl (C=O) groups is 2. The van der Waals surface area contributed by atoms with E-state index in [9.17, 15) is 18.0 Å². The number of sulfonamides is 1. The summed E-state index contributed by atoms with van der Waals surface area (Å²) in [6, 6.07) is 9.90. The van der Waals surface area contributed by atoms with Crippen LogP contribution in [-0.4, -0.2) is 44.4 Å². The Morgan fingerprint density at radius 1 is 1.07 bits per heavy atom. The van der Waals surface area contributed by atoms with Crippen LogP contribution in [0.15, 0.2) is 41.3 Å². The van der Waals surface area contributed by atoms with E-state index in [-0.39, 0.29) is 30.2 Å². The van der Waals surface area contributed by atoms with Gasteiger partial charge in [0.05, 0.1) is 12.1 Å². The minimum absolute atomic E-state index is 0.0278. The van der Waals surface area contributed by atoms with Crippen molar-refractivity contribution < 1.29 is 27.5 Å². The van der Waals surface area contributed by atoms with Crippen LogP contribution in [-0.2, 0) is 19.6 Å². The number of hydrogen-bond donors (Lipinski definition) is 0. The summed E-state index contributed by atoms with van der Waals surface area (Å²) in [6.45, 7) is 4.97. The van der Waals surface area contributed by atoms with Gasteiger partial charge in [-0.2, -0.15) is 0 Å². The molecule has 1 amide bonds. The van der Waals surface area contributed by atoms with E-state index in [2.05, 4.69) is 0 Å². The molecule has 0 atom stereocenters. The molecular formula is C20H21NO6S. The van der Waals surface area contributed by atoms with E-state index < -0.39 is 21.9 Å². The topological polar surface area (TPSA) is 90.0 Å². The first-order chi connectivity index (χ1) is 13.2. The van der Waals surface area contributed by atoms with Gasteiger partial charge in [0.25, 0.3) is 15.9 Å². The van der Waals surface area contributed by atoms with Crippen LogP contribution in [0.25, 0.3) is 0 Å². The van der Waals surface area contributed by atoms with Crippen LogP contribution in [0.2, 0.25) is 0 Å². The zero-order valence-corrected chi connectivity index (χ0v) is 16.7. The third-order valence-corrected chi connectivity index (χ3v) is 6.25. The number of aryl methyl sites for hydroxylation is 3. The zero-order chi connectivity index (χ0) is 20.5. The third-order valence-electron chi connectivity index (χ3n) is 4.41. The van der Waals surface area contributed by atoms with Crippen molar-refractivity contribution in [1.29, 1.82) is 0 Å². The molecule has 0 aromatic heterocycles. The first-order valence-corrected chi connectivity index (χ1v) is 10.2. The minimum atomic E-state index is -3.90. The molecule has 0 spiro atoms. The molecule has 0 radical (unpaired) electrons. The SMILES string of the molecule is Cc1cc(C)c(OCC(=O)OCCN2C(=O)c3ccccc3S2(=O)=O)c(C)c1. The lowest BCUT2D eigenvalue weighted by Gasteiger charge is -2.16. The first-order valence-electron chi connectivity index (χ1n) is 8.74. The Balaban J connectivity index is 1.55. The number of nitrogens with zero attached hydrogens (tertiary/aromatic N) is 1. The Morgan fingerprint density at radius 3 is 2.36 bits per heavy atom. The summed E-state index contributed by atoms with van der Waals surface area (Å²) in [5, 5.41) is 0.